The first-order valence-electron chi connectivity index (χ1n) is 9.06. The van der Waals surface area contributed by atoms with Crippen LogP contribution in [0.2, 0.25) is 0 Å². The average molecular weight is 371 g/mol. The Morgan fingerprint density at radius 3 is 1.46 bits per heavy atom. The van der Waals surface area contributed by atoms with E-state index >= 15 is 0 Å². The molecule has 0 radical (unpaired) electrons. The van der Waals surface area contributed by atoms with Crippen LogP contribution in [0.25, 0.3) is 0 Å². The van der Waals surface area contributed by atoms with Crippen molar-refractivity contribution in [2.24, 2.45) is 11.8 Å². The van der Waals surface area contributed by atoms with Gasteiger partial charge in [0.05, 0.1) is 5.92 Å². The molecule has 4 rings (SSSR count). The van der Waals surface area contributed by atoms with Gasteiger partial charge in [0.2, 0.25) is 5.24 Å². The van der Waals surface area contributed by atoms with E-state index in [1.165, 1.54) is 11.1 Å². The Labute approximate surface area is 159 Å². The molecule has 2 aliphatic carbocycles. The monoisotopic (exact) mass is 370 g/mol. The highest BCUT2D eigenvalue weighted by atomic mass is 35.5. The van der Waals surface area contributed by atoms with Crippen molar-refractivity contribution in [1.29, 1.82) is 0 Å². The minimum absolute atomic E-state index is 0.104. The van der Waals surface area contributed by atoms with Crippen molar-refractivity contribution in [1.82, 2.24) is 0 Å². The van der Waals surface area contributed by atoms with E-state index in [0.29, 0.717) is 11.8 Å². The van der Waals surface area contributed by atoms with Crippen molar-refractivity contribution < 1.29 is 14.7 Å². The summed E-state index contributed by atoms with van der Waals surface area (Å²) in [6.07, 6.45) is 3.46. The molecule has 26 heavy (non-hydrogen) atoms. The summed E-state index contributed by atoms with van der Waals surface area (Å²) in [4.78, 5) is 21.3. The van der Waals surface area contributed by atoms with E-state index < -0.39 is 5.97 Å². The minimum atomic E-state index is -0.646. The van der Waals surface area contributed by atoms with Crippen LogP contribution < -0.4 is 0 Å². The molecule has 0 heterocycles. The second kappa shape index (κ2) is 8.50. The highest BCUT2D eigenvalue weighted by molar-refractivity contribution is 6.64. The molecule has 0 atom stereocenters. The first-order valence-corrected chi connectivity index (χ1v) is 9.44. The molecular weight excluding hydrogens is 348 g/mol. The van der Waals surface area contributed by atoms with Gasteiger partial charge in [-0.25, -0.2) is 0 Å². The first kappa shape index (κ1) is 18.7. The van der Waals surface area contributed by atoms with Crippen LogP contribution >= 0.6 is 11.6 Å². The number of carbonyl (C=O) groups is 2. The van der Waals surface area contributed by atoms with Crippen molar-refractivity contribution in [2.45, 2.75) is 37.5 Å². The number of carboxylic acid groups (broad SMARTS) is 1. The lowest BCUT2D eigenvalue weighted by atomic mass is 9.71. The summed E-state index contributed by atoms with van der Waals surface area (Å²) < 4.78 is 0. The molecule has 0 aromatic heterocycles. The third-order valence-electron chi connectivity index (χ3n) is 5.49. The Balaban J connectivity index is 0.000000151. The molecule has 0 aliphatic heterocycles. The fraction of sp³-hybridized carbons (Fsp3) is 0.364. The molecule has 0 saturated heterocycles. The van der Waals surface area contributed by atoms with Gasteiger partial charge in [-0.3, -0.25) is 9.59 Å². The van der Waals surface area contributed by atoms with Crippen molar-refractivity contribution in [3.05, 3.63) is 71.8 Å². The fourth-order valence-corrected chi connectivity index (χ4v) is 3.80. The third-order valence-corrected chi connectivity index (χ3v) is 5.80. The lowest BCUT2D eigenvalue weighted by Crippen LogP contribution is -2.28. The molecule has 4 heteroatoms. The standard InChI is InChI=1S/C11H11ClO.C11H12O2/c2*12-11(13)10-6-9(7-10)8-4-2-1-3-5-8/h1-5,9-10H,6-7H2;1-5,9-10H,6-7H2,(H,12,13). The quantitative estimate of drug-likeness (QED) is 0.751. The highest BCUT2D eigenvalue weighted by Crippen LogP contribution is 2.42. The Bertz CT molecular complexity index is 667. The van der Waals surface area contributed by atoms with Gasteiger partial charge in [0.15, 0.2) is 0 Å². The Hall–Kier alpha value is -2.13. The summed E-state index contributed by atoms with van der Waals surface area (Å²) in [5.41, 5.74) is 2.61. The molecule has 2 aliphatic rings. The minimum Gasteiger partial charge on any atom is -0.481 e. The molecule has 2 saturated carbocycles. The molecule has 2 aromatic rings. The van der Waals surface area contributed by atoms with Gasteiger partial charge in [-0.05, 0) is 60.2 Å². The summed E-state index contributed by atoms with van der Waals surface area (Å²) in [7, 11) is 0. The maximum absolute atomic E-state index is 10.8. The maximum atomic E-state index is 10.8. The summed E-state index contributed by atoms with van der Waals surface area (Å²) >= 11 is 5.39. The van der Waals surface area contributed by atoms with Crippen molar-refractivity contribution in [2.75, 3.05) is 0 Å². The van der Waals surface area contributed by atoms with Crippen molar-refractivity contribution in [3.63, 3.8) is 0 Å². The Morgan fingerprint density at radius 1 is 0.731 bits per heavy atom. The van der Waals surface area contributed by atoms with Gasteiger partial charge in [-0.2, -0.15) is 0 Å². The number of hydrogen-bond acceptors (Lipinski definition) is 2. The van der Waals surface area contributed by atoms with E-state index in [0.717, 1.165) is 25.7 Å². The van der Waals surface area contributed by atoms with Crippen LogP contribution in [0.1, 0.15) is 48.6 Å². The molecule has 2 aromatic carbocycles. The number of carboxylic acids is 1. The van der Waals surface area contributed by atoms with Gasteiger partial charge in [0.1, 0.15) is 0 Å². The molecule has 0 bridgehead atoms. The summed E-state index contributed by atoms with van der Waals surface area (Å²) in [5.74, 6) is 0.375. The maximum Gasteiger partial charge on any atom is 0.306 e. The number of halogens is 1. The Kier molecular flexibility index (Phi) is 6.10. The van der Waals surface area contributed by atoms with Crippen LogP contribution in [0.5, 0.6) is 0 Å². The second-order valence-corrected chi connectivity index (χ2v) is 7.57. The fourth-order valence-electron chi connectivity index (χ4n) is 3.62. The van der Waals surface area contributed by atoms with Gasteiger partial charge >= 0.3 is 5.97 Å². The zero-order valence-electron chi connectivity index (χ0n) is 14.6. The van der Waals surface area contributed by atoms with E-state index in [9.17, 15) is 9.59 Å². The van der Waals surface area contributed by atoms with Crippen LogP contribution in [0.3, 0.4) is 0 Å². The van der Waals surface area contributed by atoms with E-state index in [1.54, 1.807) is 0 Å². The van der Waals surface area contributed by atoms with Gasteiger partial charge in [0, 0.05) is 5.92 Å². The highest BCUT2D eigenvalue weighted by Gasteiger charge is 2.35. The van der Waals surface area contributed by atoms with Crippen LogP contribution in [-0.2, 0) is 9.59 Å². The van der Waals surface area contributed by atoms with Gasteiger partial charge in [-0.15, -0.1) is 0 Å². The smallest absolute Gasteiger partial charge is 0.306 e. The van der Waals surface area contributed by atoms with Gasteiger partial charge in [0.25, 0.3) is 0 Å². The molecule has 3 nitrogen and oxygen atoms in total. The van der Waals surface area contributed by atoms with E-state index in [1.807, 2.05) is 36.4 Å². The molecule has 0 spiro atoms. The Morgan fingerprint density at radius 2 is 1.12 bits per heavy atom. The lowest BCUT2D eigenvalue weighted by Gasteiger charge is -2.32. The predicted octanol–water partition coefficient (Wildman–Crippen LogP) is 5.21. The van der Waals surface area contributed by atoms with Crippen molar-refractivity contribution >= 4 is 22.8 Å². The molecule has 0 amide bonds. The van der Waals surface area contributed by atoms with E-state index in [2.05, 4.69) is 24.3 Å². The normalized spacial score (nSPS) is 26.5. The number of hydrogen-bond donors (Lipinski definition) is 1. The van der Waals surface area contributed by atoms with Crippen LogP contribution in [0, 0.1) is 11.8 Å². The topological polar surface area (TPSA) is 54.4 Å². The van der Waals surface area contributed by atoms with Crippen molar-refractivity contribution in [3.8, 4) is 0 Å². The zero-order valence-corrected chi connectivity index (χ0v) is 15.3. The zero-order chi connectivity index (χ0) is 18.5. The largest absolute Gasteiger partial charge is 0.481 e. The summed E-state index contributed by atoms with van der Waals surface area (Å²) in [6.45, 7) is 0. The summed E-state index contributed by atoms with van der Waals surface area (Å²) in [6, 6.07) is 20.4. The van der Waals surface area contributed by atoms with Gasteiger partial charge < -0.3 is 5.11 Å². The summed E-state index contributed by atoms with van der Waals surface area (Å²) in [5, 5.41) is 8.52. The molecule has 136 valence electrons. The lowest BCUT2D eigenvalue weighted by molar-refractivity contribution is -0.145. The van der Waals surface area contributed by atoms with Crippen LogP contribution in [0.4, 0.5) is 0 Å². The second-order valence-electron chi connectivity index (χ2n) is 7.19. The van der Waals surface area contributed by atoms with E-state index in [4.69, 9.17) is 16.7 Å². The number of rotatable bonds is 4. The predicted molar refractivity (Wildman–Crippen MR) is 102 cm³/mol. The van der Waals surface area contributed by atoms with Gasteiger partial charge in [-0.1, -0.05) is 60.7 Å². The first-order chi connectivity index (χ1) is 12.5. The number of benzene rings is 2. The van der Waals surface area contributed by atoms with E-state index in [-0.39, 0.29) is 17.1 Å². The third kappa shape index (κ3) is 4.53. The van der Waals surface area contributed by atoms with Crippen LogP contribution in [-0.4, -0.2) is 16.3 Å². The van der Waals surface area contributed by atoms with Crippen LogP contribution in [0.15, 0.2) is 60.7 Å². The number of aliphatic carboxylic acids is 1. The molecular formula is C22H23ClO3. The molecule has 1 N–H and O–H groups in total. The SMILES string of the molecule is O=C(Cl)C1CC(c2ccccc2)C1.O=C(O)C1CC(c2ccccc2)C1. The average Bonchev–Trinajstić information content (AvgIpc) is 2.54. The number of carbonyl (C=O) groups excluding carboxylic acids is 1. The molecule has 0 unspecified atom stereocenters. The molecule has 2 fully saturated rings.